The number of alkyl halides is 2. The molecule has 4 aromatic rings. The molecule has 0 unspecified atom stereocenters. The molecule has 0 radical (unpaired) electrons. The highest BCUT2D eigenvalue weighted by Crippen LogP contribution is 2.39. The third-order valence-electron chi connectivity index (χ3n) is 8.13. The fraction of sp³-hybridized carbons (Fsp3) is 0.281. The van der Waals surface area contributed by atoms with Crippen LogP contribution in [-0.4, -0.2) is 52.7 Å². The molecule has 1 aromatic heterocycles. The van der Waals surface area contributed by atoms with Crippen LogP contribution < -0.4 is 15.1 Å². The maximum Gasteiger partial charge on any atom is 0.415 e. The number of carbonyl (C=O) groups excluding carboxylic acids is 3. The molecule has 2 aliphatic rings. The molecule has 0 spiro atoms. The quantitative estimate of drug-likeness (QED) is 0.262. The molecule has 1 saturated carbocycles. The van der Waals surface area contributed by atoms with Crippen molar-refractivity contribution in [3.8, 4) is 6.07 Å². The lowest BCUT2D eigenvalue weighted by atomic mass is 9.91. The van der Waals surface area contributed by atoms with Gasteiger partial charge < -0.3 is 10.1 Å². The van der Waals surface area contributed by atoms with Gasteiger partial charge in [0.2, 0.25) is 11.8 Å². The van der Waals surface area contributed by atoms with Gasteiger partial charge in [0.05, 0.1) is 29.0 Å². The molecule has 3 aromatic carbocycles. The van der Waals surface area contributed by atoms with E-state index in [2.05, 4.69) is 15.5 Å². The summed E-state index contributed by atoms with van der Waals surface area (Å²) in [5.74, 6) is -4.12. The number of aromatic amines is 1. The van der Waals surface area contributed by atoms with E-state index in [-0.39, 0.29) is 59.8 Å². The maximum atomic E-state index is 14.8. The van der Waals surface area contributed by atoms with E-state index in [1.54, 1.807) is 66.9 Å². The van der Waals surface area contributed by atoms with Crippen LogP contribution in [0.1, 0.15) is 42.9 Å². The first-order chi connectivity index (χ1) is 21.7. The Kier molecular flexibility index (Phi) is 8.12. The molecule has 13 heteroatoms. The van der Waals surface area contributed by atoms with Gasteiger partial charge in [0.1, 0.15) is 12.6 Å². The number of anilines is 2. The Hall–Kier alpha value is -5.02. The second-order valence-electron chi connectivity index (χ2n) is 11.0. The number of benzene rings is 3. The summed E-state index contributed by atoms with van der Waals surface area (Å²) in [4.78, 5) is 44.6. The van der Waals surface area contributed by atoms with Gasteiger partial charge in [-0.1, -0.05) is 48.0 Å². The number of nitriles is 1. The average molecular weight is 633 g/mol. The largest absolute Gasteiger partial charge is 0.446 e. The summed E-state index contributed by atoms with van der Waals surface area (Å²) < 4.78 is 33.2. The number of cyclic esters (lactones) is 1. The Balaban J connectivity index is 1.48. The molecule has 10 nitrogen and oxygen atoms in total. The van der Waals surface area contributed by atoms with Crippen LogP contribution in [0.4, 0.5) is 25.0 Å². The number of rotatable bonds is 7. The molecule has 3 amide bonds. The number of fused-ring (bicyclic) bond motifs is 1. The first-order valence-electron chi connectivity index (χ1n) is 14.3. The van der Waals surface area contributed by atoms with E-state index in [1.165, 1.54) is 11.0 Å². The summed E-state index contributed by atoms with van der Waals surface area (Å²) in [6.45, 7) is -0.335. The highest BCUT2D eigenvalue weighted by Gasteiger charge is 2.46. The number of amides is 3. The van der Waals surface area contributed by atoms with Crippen LogP contribution in [-0.2, 0) is 14.3 Å². The number of aromatic nitrogens is 2. The van der Waals surface area contributed by atoms with E-state index >= 15 is 0 Å². The topological polar surface area (TPSA) is 131 Å². The lowest BCUT2D eigenvalue weighted by Crippen LogP contribution is -2.54. The molecule has 1 aliphatic heterocycles. The molecule has 6 rings (SSSR count). The highest BCUT2D eigenvalue weighted by molar-refractivity contribution is 6.32. The minimum atomic E-state index is -2.80. The van der Waals surface area contributed by atoms with Crippen molar-refractivity contribution in [2.24, 2.45) is 0 Å². The molecule has 45 heavy (non-hydrogen) atoms. The zero-order valence-corrected chi connectivity index (χ0v) is 24.5. The Labute approximate surface area is 261 Å². The van der Waals surface area contributed by atoms with Crippen molar-refractivity contribution in [3.63, 3.8) is 0 Å². The number of nitrogens with one attached hydrogen (secondary N) is 2. The number of hydrogen-bond acceptors (Lipinski definition) is 6. The standard InChI is InChI=1S/C32H27ClF2N6O4/c33-24-9-2-1-8-23(24)28(29(42)38-21-11-13-32(34,35)14-12-21)41(25-10-4-6-20-17-37-39-27(20)25)30(43)26-18-45-31(44)40(26)22-7-3-5-19(15-22)16-36/h1-10,15,17,21,26,28H,11-14,18H2,(H,37,39)(H,38,42)/t26-,28-/m0/s1. The first kappa shape index (κ1) is 30.0. The normalized spacial score (nSPS) is 18.7. The van der Waals surface area contributed by atoms with Crippen LogP contribution in [0, 0.1) is 11.3 Å². The van der Waals surface area contributed by atoms with Crippen molar-refractivity contribution >= 4 is 51.8 Å². The lowest BCUT2D eigenvalue weighted by molar-refractivity contribution is -0.128. The molecular formula is C32H27ClF2N6O4. The van der Waals surface area contributed by atoms with Crippen molar-refractivity contribution in [1.82, 2.24) is 15.5 Å². The van der Waals surface area contributed by atoms with E-state index in [0.717, 1.165) is 4.90 Å². The van der Waals surface area contributed by atoms with Crippen molar-refractivity contribution in [3.05, 3.63) is 89.1 Å². The van der Waals surface area contributed by atoms with Crippen LogP contribution in [0.15, 0.2) is 72.9 Å². The smallest absolute Gasteiger partial charge is 0.415 e. The van der Waals surface area contributed by atoms with Crippen LogP contribution in [0.25, 0.3) is 10.9 Å². The predicted molar refractivity (Wildman–Crippen MR) is 162 cm³/mol. The summed E-state index contributed by atoms with van der Waals surface area (Å²) in [6.07, 6.45) is 0.144. The predicted octanol–water partition coefficient (Wildman–Crippen LogP) is 5.88. The number of hydrogen-bond donors (Lipinski definition) is 2. The molecule has 2 fully saturated rings. The van der Waals surface area contributed by atoms with Crippen LogP contribution in [0.3, 0.4) is 0 Å². The number of H-pyrrole nitrogens is 1. The van der Waals surface area contributed by atoms with Gasteiger partial charge in [0, 0.05) is 40.5 Å². The van der Waals surface area contributed by atoms with Gasteiger partial charge in [-0.15, -0.1) is 0 Å². The maximum absolute atomic E-state index is 14.8. The van der Waals surface area contributed by atoms with Crippen LogP contribution >= 0.6 is 11.6 Å². The summed E-state index contributed by atoms with van der Waals surface area (Å²) in [5.41, 5.74) is 1.53. The van der Waals surface area contributed by atoms with Crippen molar-refractivity contribution < 1.29 is 27.9 Å². The van der Waals surface area contributed by atoms with Gasteiger partial charge in [0.15, 0.2) is 6.04 Å². The molecular weight excluding hydrogens is 606 g/mol. The summed E-state index contributed by atoms with van der Waals surface area (Å²) >= 11 is 6.66. The molecule has 2 heterocycles. The van der Waals surface area contributed by atoms with E-state index in [0.29, 0.717) is 10.9 Å². The van der Waals surface area contributed by atoms with Crippen molar-refractivity contribution in [1.29, 1.82) is 5.26 Å². The van der Waals surface area contributed by atoms with Crippen LogP contribution in [0.5, 0.6) is 0 Å². The summed E-state index contributed by atoms with van der Waals surface area (Å²) in [5, 5.41) is 20.2. The third-order valence-corrected chi connectivity index (χ3v) is 8.48. The molecule has 1 aliphatic carbocycles. The van der Waals surface area contributed by atoms with Gasteiger partial charge in [-0.25, -0.2) is 13.6 Å². The second kappa shape index (κ2) is 12.2. The second-order valence-corrected chi connectivity index (χ2v) is 11.4. The van der Waals surface area contributed by atoms with E-state index in [1.807, 2.05) is 6.07 Å². The minimum absolute atomic E-state index is 0.0615. The number of ether oxygens (including phenoxy) is 1. The van der Waals surface area contributed by atoms with Gasteiger partial charge in [-0.2, -0.15) is 10.4 Å². The van der Waals surface area contributed by atoms with Gasteiger partial charge in [-0.3, -0.25) is 24.5 Å². The number of nitrogens with zero attached hydrogens (tertiary/aromatic N) is 4. The van der Waals surface area contributed by atoms with Crippen molar-refractivity contribution in [2.75, 3.05) is 16.4 Å². The number of halogens is 3. The fourth-order valence-electron chi connectivity index (χ4n) is 5.87. The number of para-hydroxylation sites is 1. The Morgan fingerprint density at radius 1 is 1.13 bits per heavy atom. The molecule has 0 bridgehead atoms. The Morgan fingerprint density at radius 2 is 1.89 bits per heavy atom. The van der Waals surface area contributed by atoms with Gasteiger partial charge in [0.25, 0.3) is 5.91 Å². The highest BCUT2D eigenvalue weighted by atomic mass is 35.5. The van der Waals surface area contributed by atoms with Gasteiger partial charge in [-0.05, 0) is 43.2 Å². The summed E-state index contributed by atoms with van der Waals surface area (Å²) in [6, 6.07) is 16.7. The SMILES string of the molecule is N#Cc1cccc(N2C(=O)OC[C@H]2C(=O)N(c2cccc3cn[nH]c23)[C@H](C(=O)NC2CCC(F)(F)CC2)c2ccccc2Cl)c1. The van der Waals surface area contributed by atoms with E-state index < -0.39 is 42.0 Å². The fourth-order valence-corrected chi connectivity index (χ4v) is 6.11. The van der Waals surface area contributed by atoms with E-state index in [4.69, 9.17) is 16.3 Å². The molecule has 2 atom stereocenters. The van der Waals surface area contributed by atoms with Crippen molar-refractivity contribution in [2.45, 2.75) is 49.7 Å². The Bertz CT molecular complexity index is 1810. The zero-order chi connectivity index (χ0) is 31.7. The summed E-state index contributed by atoms with van der Waals surface area (Å²) in [7, 11) is 0. The molecule has 230 valence electrons. The minimum Gasteiger partial charge on any atom is -0.446 e. The first-order valence-corrected chi connectivity index (χ1v) is 14.7. The van der Waals surface area contributed by atoms with E-state index in [9.17, 15) is 28.4 Å². The lowest BCUT2D eigenvalue weighted by Gasteiger charge is -2.36. The number of carbonyl (C=O) groups is 3. The average Bonchev–Trinajstić information content (AvgIpc) is 3.68. The molecule has 2 N–H and O–H groups in total. The van der Waals surface area contributed by atoms with Crippen LogP contribution in [0.2, 0.25) is 5.02 Å². The molecule has 1 saturated heterocycles. The monoisotopic (exact) mass is 632 g/mol. The Morgan fingerprint density at radius 3 is 2.64 bits per heavy atom. The third kappa shape index (κ3) is 5.91. The van der Waals surface area contributed by atoms with Gasteiger partial charge >= 0.3 is 6.09 Å². The zero-order valence-electron chi connectivity index (χ0n) is 23.8.